The van der Waals surface area contributed by atoms with Crippen molar-refractivity contribution < 1.29 is 0 Å². The molecule has 0 bridgehead atoms. The van der Waals surface area contributed by atoms with E-state index in [4.69, 9.17) is 6.42 Å². The second-order valence-electron chi connectivity index (χ2n) is 5.93. The van der Waals surface area contributed by atoms with Gasteiger partial charge in [0.25, 0.3) is 0 Å². The molecule has 0 aromatic rings. The molecular weight excluding hydrogens is 589 g/mol. The van der Waals surface area contributed by atoms with Crippen LogP contribution in [0.3, 0.4) is 0 Å². The predicted molar refractivity (Wildman–Crippen MR) is 191 cm³/mol. The van der Waals surface area contributed by atoms with E-state index in [-0.39, 0.29) is 0 Å². The van der Waals surface area contributed by atoms with Crippen LogP contribution in [0, 0.1) is 292 Å². The van der Waals surface area contributed by atoms with Gasteiger partial charge in [0.2, 0.25) is 0 Å². The molecule has 0 aliphatic rings. The Morgan fingerprint density at radius 1 is 0.163 bits per heavy atom. The average Bonchev–Trinajstić information content (AvgIpc) is 3.11. The lowest BCUT2D eigenvalue weighted by molar-refractivity contribution is 2.31. The van der Waals surface area contributed by atoms with Gasteiger partial charge < -0.3 is 6.42 Å². The molecule has 0 spiro atoms. The maximum absolute atomic E-state index is 6.56. The highest BCUT2D eigenvalue weighted by atomic mass is 13.6. The predicted octanol–water partition coefficient (Wildman–Crippen LogP) is 0.488. The summed E-state index contributed by atoms with van der Waals surface area (Å²) in [6, 6.07) is 0. The van der Waals surface area contributed by atoms with E-state index in [1.807, 2.05) is 5.92 Å². The van der Waals surface area contributed by atoms with Crippen molar-refractivity contribution in [1.82, 2.24) is 0 Å². The molecular formula is C49H2-2. The van der Waals surface area contributed by atoms with Crippen molar-refractivity contribution in [3.05, 3.63) is 13.3 Å². The zero-order valence-electron chi connectivity index (χ0n) is 24.7. The van der Waals surface area contributed by atoms with Gasteiger partial charge in [0, 0.05) is 148 Å². The largest absolute Gasteiger partial charge is 0.358 e. The third kappa shape index (κ3) is 37.3. The van der Waals surface area contributed by atoms with Crippen LogP contribution in [0.15, 0.2) is 0 Å². The fraction of sp³-hybridized carbons (Fsp3) is 0. The molecule has 0 rings (SSSR count). The van der Waals surface area contributed by atoms with Crippen LogP contribution in [0.2, 0.25) is 0 Å². The Kier molecular flexibility index (Phi) is 29.2. The Balaban J connectivity index is 4.56. The highest BCUT2D eigenvalue weighted by Gasteiger charge is 1.61. The van der Waals surface area contributed by atoms with E-state index in [1.165, 1.54) is 0 Å². The molecule has 0 fully saturated rings. The molecule has 0 radical (unpaired) electrons. The van der Waals surface area contributed by atoms with Crippen LogP contribution in [-0.4, -0.2) is 0 Å². The van der Waals surface area contributed by atoms with Crippen LogP contribution in [-0.2, 0) is 0 Å². The fourth-order valence-electron chi connectivity index (χ4n) is 1.42. The topological polar surface area (TPSA) is 0 Å². The summed E-state index contributed by atoms with van der Waals surface area (Å²) in [6.45, 7) is 3.31. The first-order valence-corrected chi connectivity index (χ1v) is 12.1. The Hall–Kier alpha value is -10.7. The van der Waals surface area contributed by atoms with Gasteiger partial charge in [-0.05, 0) is 94.7 Å². The summed E-state index contributed by atoms with van der Waals surface area (Å²) < 4.78 is 0. The lowest BCUT2D eigenvalue weighted by atomic mass is 10.4. The normalized spacial score (nSPS) is 3.90. The molecule has 0 aliphatic heterocycles. The Labute approximate surface area is 290 Å². The maximum Gasteiger partial charge on any atom is 0 e. The highest BCUT2D eigenvalue weighted by Crippen LogP contribution is 1.62. The molecule has 0 saturated heterocycles. The molecule has 200 valence electrons. The van der Waals surface area contributed by atoms with Gasteiger partial charge >= 0.3 is 0 Å². The van der Waals surface area contributed by atoms with E-state index in [9.17, 15) is 0 Å². The Morgan fingerprint density at radius 3 is 0.367 bits per heavy atom. The number of hydrogen-bond donors (Lipinski definition) is 0. The molecule has 0 heteroatoms. The highest BCUT2D eigenvalue weighted by molar-refractivity contribution is 5.50. The Bertz CT molecular complexity index is 2960. The minimum absolute atomic E-state index is 1.87. The van der Waals surface area contributed by atoms with Crippen LogP contribution in [0.5, 0.6) is 0 Å². The first-order chi connectivity index (χ1) is 24.4. The van der Waals surface area contributed by atoms with E-state index >= 15 is 0 Å². The minimum atomic E-state index is 1.87. The van der Waals surface area contributed by atoms with Crippen LogP contribution in [0.1, 0.15) is 0 Å². The first-order valence-electron chi connectivity index (χ1n) is 12.1. The van der Waals surface area contributed by atoms with Gasteiger partial charge in [0.15, 0.2) is 0 Å². The van der Waals surface area contributed by atoms with Crippen LogP contribution in [0.25, 0.3) is 0 Å². The van der Waals surface area contributed by atoms with Crippen molar-refractivity contribution >= 4 is 0 Å². The molecule has 0 unspecified atom stereocenters. The van der Waals surface area contributed by atoms with Gasteiger partial charge in [-0.3, -0.25) is 11.8 Å². The van der Waals surface area contributed by atoms with E-state index in [1.54, 1.807) is 0 Å². The first kappa shape index (κ1) is 38.3. The van der Waals surface area contributed by atoms with Crippen molar-refractivity contribution in [2.24, 2.45) is 0 Å². The van der Waals surface area contributed by atoms with Gasteiger partial charge in [0.1, 0.15) is 0 Å². The second kappa shape index (κ2) is 37.3. The standard InChI is InChI=1S/C49H2/c1-3-5-7-9-11-13-15-17-19-21-23-25-27-29-31-33-35-37-39-41-43-45-47-49-48-46-44-42-40-38-36-34-32-30-28-26-24-22-20-18-16-14-12-10-8-6-4-2/h1H2/q-2. The van der Waals surface area contributed by atoms with Crippen molar-refractivity contribution in [1.29, 1.82) is 0 Å². The van der Waals surface area contributed by atoms with Gasteiger partial charge in [-0.1, -0.05) is 0 Å². The van der Waals surface area contributed by atoms with E-state index in [0.717, 1.165) is 0 Å². The quantitative estimate of drug-likeness (QED) is 0.285. The Morgan fingerprint density at radius 2 is 0.265 bits per heavy atom. The molecule has 0 nitrogen and oxygen atoms in total. The van der Waals surface area contributed by atoms with Gasteiger partial charge in [-0.15, -0.1) is 11.8 Å². The maximum atomic E-state index is 6.56. The summed E-state index contributed by atoms with van der Waals surface area (Å²) >= 11 is 0. The van der Waals surface area contributed by atoms with Crippen molar-refractivity contribution in [2.75, 3.05) is 0 Å². The van der Waals surface area contributed by atoms with E-state index in [0.29, 0.717) is 0 Å². The summed E-state index contributed by atoms with van der Waals surface area (Å²) in [6.07, 6.45) is 6.56. The summed E-state index contributed by atoms with van der Waals surface area (Å²) in [5.74, 6) is 116. The molecule has 0 aromatic carbocycles. The molecule has 0 heterocycles. The van der Waals surface area contributed by atoms with Crippen molar-refractivity contribution in [3.8, 4) is 278 Å². The summed E-state index contributed by atoms with van der Waals surface area (Å²) in [5, 5.41) is 0. The minimum Gasteiger partial charge on any atom is -0.358 e. The third-order valence-corrected chi connectivity index (χ3v) is 2.90. The molecule has 0 N–H and O–H groups in total. The van der Waals surface area contributed by atoms with E-state index in [2.05, 4.69) is 279 Å². The van der Waals surface area contributed by atoms with Crippen LogP contribution >= 0.6 is 0 Å². The fourth-order valence-corrected chi connectivity index (χ4v) is 1.42. The average molecular weight is 591 g/mol. The summed E-state index contributed by atoms with van der Waals surface area (Å²) in [7, 11) is 0. The smallest absolute Gasteiger partial charge is 0 e. The monoisotopic (exact) mass is 590 g/mol. The number of rotatable bonds is 0. The van der Waals surface area contributed by atoms with Crippen molar-refractivity contribution in [3.63, 3.8) is 0 Å². The zero-order chi connectivity index (χ0) is 35.2. The lowest BCUT2D eigenvalue weighted by Gasteiger charge is -1.64. The third-order valence-electron chi connectivity index (χ3n) is 2.90. The van der Waals surface area contributed by atoms with Gasteiger partial charge in [0.05, 0.1) is 0 Å². The molecule has 49 heavy (non-hydrogen) atoms. The lowest BCUT2D eigenvalue weighted by Crippen LogP contribution is -1.57. The zero-order valence-corrected chi connectivity index (χ0v) is 24.7. The molecule has 0 aromatic heterocycles. The molecule has 0 saturated carbocycles. The summed E-state index contributed by atoms with van der Waals surface area (Å²) in [4.78, 5) is 0. The molecule has 0 amide bonds. The second-order valence-corrected chi connectivity index (χ2v) is 5.93. The van der Waals surface area contributed by atoms with Gasteiger partial charge in [-0.25, -0.2) is 11.8 Å². The van der Waals surface area contributed by atoms with Crippen LogP contribution < -0.4 is 0 Å². The van der Waals surface area contributed by atoms with Crippen molar-refractivity contribution in [2.45, 2.75) is 0 Å². The molecule has 0 atom stereocenters. The van der Waals surface area contributed by atoms with Gasteiger partial charge in [-0.2, -0.15) is 6.92 Å². The van der Waals surface area contributed by atoms with Crippen LogP contribution in [0.4, 0.5) is 0 Å². The SMILES string of the molecule is [C-]#CC#CC#CC#CC#CC#CC#CC#CC#CC#CC#CC#CC#CC#CC#CC#CC#CC#CC#CC#CC#CC#CC#CC#C[CH2-]. The number of hydrogen-bond acceptors (Lipinski definition) is 0. The summed E-state index contributed by atoms with van der Waals surface area (Å²) in [5.41, 5.74) is 0. The van der Waals surface area contributed by atoms with E-state index < -0.39 is 0 Å². The molecule has 0 aliphatic carbocycles.